The molecular formula is C13H29NO. The van der Waals surface area contributed by atoms with Gasteiger partial charge >= 0.3 is 0 Å². The molecule has 0 radical (unpaired) electrons. The maximum absolute atomic E-state index is 5.38. The van der Waals surface area contributed by atoms with Gasteiger partial charge in [-0.05, 0) is 30.6 Å². The number of nitrogens with one attached hydrogen (secondary N) is 1. The topological polar surface area (TPSA) is 21.3 Å². The van der Waals surface area contributed by atoms with Crippen molar-refractivity contribution in [2.45, 2.75) is 67.3 Å². The van der Waals surface area contributed by atoms with Gasteiger partial charge in [-0.2, -0.15) is 5.48 Å². The third kappa shape index (κ3) is 6.16. The Hall–Kier alpha value is -0.0800. The number of hydrogen-bond donors (Lipinski definition) is 1. The average Bonchev–Trinajstić information content (AvgIpc) is 2.10. The smallest absolute Gasteiger partial charge is 0.0654 e. The van der Waals surface area contributed by atoms with Crippen molar-refractivity contribution in [2.75, 3.05) is 6.61 Å². The van der Waals surface area contributed by atoms with Crippen LogP contribution in [0.3, 0.4) is 0 Å². The zero-order valence-corrected chi connectivity index (χ0v) is 11.6. The molecule has 0 aliphatic carbocycles. The lowest BCUT2D eigenvalue weighted by Gasteiger charge is -2.37. The number of hydrogen-bond acceptors (Lipinski definition) is 2. The summed E-state index contributed by atoms with van der Waals surface area (Å²) in [6, 6.07) is 0.419. The van der Waals surface area contributed by atoms with E-state index in [1.807, 2.05) is 6.92 Å². The highest BCUT2D eigenvalue weighted by Gasteiger charge is 2.31. The molecule has 1 unspecified atom stereocenters. The second kappa shape index (κ2) is 5.86. The molecule has 0 spiro atoms. The van der Waals surface area contributed by atoms with Gasteiger partial charge < -0.3 is 4.84 Å². The van der Waals surface area contributed by atoms with E-state index in [0.717, 1.165) is 19.4 Å². The first-order valence-corrected chi connectivity index (χ1v) is 6.10. The van der Waals surface area contributed by atoms with Crippen molar-refractivity contribution in [1.29, 1.82) is 0 Å². The molecule has 0 saturated heterocycles. The van der Waals surface area contributed by atoms with E-state index < -0.39 is 0 Å². The molecule has 0 heterocycles. The lowest BCUT2D eigenvalue weighted by atomic mass is 9.75. The normalized spacial score (nSPS) is 15.4. The molecule has 0 amide bonds. The lowest BCUT2D eigenvalue weighted by molar-refractivity contribution is -0.0227. The molecule has 0 saturated carbocycles. The second-order valence-electron chi connectivity index (χ2n) is 6.21. The monoisotopic (exact) mass is 215 g/mol. The SMILES string of the molecule is CCONC(CC(C)(C)C)C(C)(C)CC. The van der Waals surface area contributed by atoms with Crippen molar-refractivity contribution in [3.8, 4) is 0 Å². The molecule has 2 heteroatoms. The molecule has 15 heavy (non-hydrogen) atoms. The minimum absolute atomic E-state index is 0.280. The van der Waals surface area contributed by atoms with Crippen molar-refractivity contribution in [1.82, 2.24) is 5.48 Å². The summed E-state index contributed by atoms with van der Waals surface area (Å²) >= 11 is 0. The summed E-state index contributed by atoms with van der Waals surface area (Å²) in [6.07, 6.45) is 2.29. The molecule has 92 valence electrons. The highest BCUT2D eigenvalue weighted by atomic mass is 16.6. The van der Waals surface area contributed by atoms with Gasteiger partial charge in [-0.3, -0.25) is 0 Å². The molecule has 0 fully saturated rings. The van der Waals surface area contributed by atoms with Crippen LogP contribution in [0.15, 0.2) is 0 Å². The summed E-state index contributed by atoms with van der Waals surface area (Å²) in [5.41, 5.74) is 3.83. The fraction of sp³-hybridized carbons (Fsp3) is 1.00. The standard InChI is InChI=1S/C13H29NO/c1-8-13(6,7)11(14-15-9-2)10-12(3,4)5/h11,14H,8-10H2,1-7H3. The van der Waals surface area contributed by atoms with E-state index in [9.17, 15) is 0 Å². The minimum atomic E-state index is 0.280. The molecule has 0 aliphatic rings. The van der Waals surface area contributed by atoms with E-state index in [4.69, 9.17) is 4.84 Å². The molecule has 0 aromatic carbocycles. The van der Waals surface area contributed by atoms with Crippen molar-refractivity contribution >= 4 is 0 Å². The highest BCUT2D eigenvalue weighted by Crippen LogP contribution is 2.33. The summed E-state index contributed by atoms with van der Waals surface area (Å²) in [4.78, 5) is 5.38. The van der Waals surface area contributed by atoms with Gasteiger partial charge in [-0.1, -0.05) is 41.5 Å². The Morgan fingerprint density at radius 1 is 1.07 bits per heavy atom. The van der Waals surface area contributed by atoms with Crippen LogP contribution in [0.5, 0.6) is 0 Å². The summed E-state index contributed by atoms with van der Waals surface area (Å²) in [5, 5.41) is 0. The first-order valence-electron chi connectivity index (χ1n) is 6.10. The van der Waals surface area contributed by atoms with Gasteiger partial charge in [-0.25, -0.2) is 0 Å². The van der Waals surface area contributed by atoms with Crippen LogP contribution in [-0.2, 0) is 4.84 Å². The van der Waals surface area contributed by atoms with Crippen molar-refractivity contribution in [2.24, 2.45) is 10.8 Å². The van der Waals surface area contributed by atoms with E-state index in [1.54, 1.807) is 0 Å². The Balaban J connectivity index is 4.44. The highest BCUT2D eigenvalue weighted by molar-refractivity contribution is 4.84. The van der Waals surface area contributed by atoms with E-state index in [2.05, 4.69) is 47.0 Å². The fourth-order valence-electron chi connectivity index (χ4n) is 1.52. The Labute approximate surface area is 95.7 Å². The average molecular weight is 215 g/mol. The molecule has 2 nitrogen and oxygen atoms in total. The lowest BCUT2D eigenvalue weighted by Crippen LogP contribution is -2.44. The molecule has 1 N–H and O–H groups in total. The van der Waals surface area contributed by atoms with E-state index in [1.165, 1.54) is 0 Å². The van der Waals surface area contributed by atoms with Gasteiger partial charge in [0.15, 0.2) is 0 Å². The Bertz CT molecular complexity index is 170. The summed E-state index contributed by atoms with van der Waals surface area (Å²) < 4.78 is 0. The van der Waals surface area contributed by atoms with E-state index in [0.29, 0.717) is 11.5 Å². The summed E-state index contributed by atoms with van der Waals surface area (Å²) in [6.45, 7) is 16.4. The predicted octanol–water partition coefficient (Wildman–Crippen LogP) is 3.77. The molecule has 0 bridgehead atoms. The van der Waals surface area contributed by atoms with Gasteiger partial charge in [-0.15, -0.1) is 0 Å². The van der Waals surface area contributed by atoms with Gasteiger partial charge in [0, 0.05) is 6.04 Å². The third-order valence-electron chi connectivity index (χ3n) is 3.04. The van der Waals surface area contributed by atoms with E-state index in [-0.39, 0.29) is 5.41 Å². The number of rotatable bonds is 6. The molecule has 0 aromatic heterocycles. The van der Waals surface area contributed by atoms with E-state index >= 15 is 0 Å². The van der Waals surface area contributed by atoms with Crippen LogP contribution in [0, 0.1) is 10.8 Å². The summed E-state index contributed by atoms with van der Waals surface area (Å²) in [7, 11) is 0. The first kappa shape index (κ1) is 14.9. The first-order chi connectivity index (χ1) is 6.73. The predicted molar refractivity (Wildman–Crippen MR) is 66.7 cm³/mol. The summed E-state index contributed by atoms with van der Waals surface area (Å²) in [5.74, 6) is 0. The second-order valence-corrected chi connectivity index (χ2v) is 6.21. The maximum Gasteiger partial charge on any atom is 0.0654 e. The van der Waals surface area contributed by atoms with Crippen LogP contribution < -0.4 is 5.48 Å². The Kier molecular flexibility index (Phi) is 5.82. The van der Waals surface area contributed by atoms with Crippen molar-refractivity contribution in [3.05, 3.63) is 0 Å². The van der Waals surface area contributed by atoms with Crippen LogP contribution in [0.4, 0.5) is 0 Å². The van der Waals surface area contributed by atoms with Crippen LogP contribution >= 0.6 is 0 Å². The maximum atomic E-state index is 5.38. The molecule has 0 aliphatic heterocycles. The van der Waals surface area contributed by atoms with Gasteiger partial charge in [0.25, 0.3) is 0 Å². The van der Waals surface area contributed by atoms with Crippen LogP contribution in [0.2, 0.25) is 0 Å². The fourth-order valence-corrected chi connectivity index (χ4v) is 1.52. The molecule has 0 aromatic rings. The van der Waals surface area contributed by atoms with Crippen molar-refractivity contribution in [3.63, 3.8) is 0 Å². The quantitative estimate of drug-likeness (QED) is 0.681. The molecule has 0 rings (SSSR count). The Morgan fingerprint density at radius 3 is 1.93 bits per heavy atom. The minimum Gasteiger partial charge on any atom is -0.302 e. The Morgan fingerprint density at radius 2 is 1.60 bits per heavy atom. The molecule has 1 atom stereocenters. The largest absolute Gasteiger partial charge is 0.302 e. The van der Waals surface area contributed by atoms with Crippen LogP contribution in [-0.4, -0.2) is 12.6 Å². The van der Waals surface area contributed by atoms with Crippen LogP contribution in [0.25, 0.3) is 0 Å². The van der Waals surface area contributed by atoms with Gasteiger partial charge in [0.1, 0.15) is 0 Å². The molecular weight excluding hydrogens is 186 g/mol. The zero-order chi connectivity index (χ0) is 12.1. The van der Waals surface area contributed by atoms with Gasteiger partial charge in [0.2, 0.25) is 0 Å². The number of hydroxylamine groups is 1. The third-order valence-corrected chi connectivity index (χ3v) is 3.04. The van der Waals surface area contributed by atoms with Gasteiger partial charge in [0.05, 0.1) is 6.61 Å². The van der Waals surface area contributed by atoms with Crippen LogP contribution in [0.1, 0.15) is 61.3 Å². The zero-order valence-electron chi connectivity index (χ0n) is 11.6. The van der Waals surface area contributed by atoms with Crippen molar-refractivity contribution < 1.29 is 4.84 Å².